The van der Waals surface area contributed by atoms with Crippen molar-refractivity contribution in [1.82, 2.24) is 10.3 Å². The number of rotatable bonds is 5. The number of nitrogens with one attached hydrogen (secondary N) is 1. The van der Waals surface area contributed by atoms with Gasteiger partial charge >= 0.3 is 0 Å². The lowest BCUT2D eigenvalue weighted by atomic mass is 9.87. The van der Waals surface area contributed by atoms with E-state index in [1.54, 1.807) is 12.4 Å². The number of nitrogens with zero attached hydrogens (tertiary/aromatic N) is 1. The molecule has 2 rings (SSSR count). The lowest BCUT2D eigenvalue weighted by molar-refractivity contribution is -0.121. The van der Waals surface area contributed by atoms with Gasteiger partial charge in [0.05, 0.1) is 6.10 Å². The van der Waals surface area contributed by atoms with Crippen LogP contribution in [0.25, 0.3) is 0 Å². The molecule has 4 heteroatoms. The molecule has 0 bridgehead atoms. The summed E-state index contributed by atoms with van der Waals surface area (Å²) in [6.07, 6.45) is 8.44. The van der Waals surface area contributed by atoms with E-state index >= 15 is 0 Å². The summed E-state index contributed by atoms with van der Waals surface area (Å²) in [5.41, 5.74) is 1.10. The van der Waals surface area contributed by atoms with Crippen LogP contribution in [0.2, 0.25) is 0 Å². The summed E-state index contributed by atoms with van der Waals surface area (Å²) in [7, 11) is 0. The minimum Gasteiger partial charge on any atom is -0.393 e. The van der Waals surface area contributed by atoms with E-state index in [-0.39, 0.29) is 12.0 Å². The molecule has 0 spiro atoms. The molecule has 0 saturated heterocycles. The summed E-state index contributed by atoms with van der Waals surface area (Å²) < 4.78 is 0. The quantitative estimate of drug-likeness (QED) is 0.848. The van der Waals surface area contributed by atoms with Crippen molar-refractivity contribution >= 4 is 5.91 Å². The van der Waals surface area contributed by atoms with Crippen LogP contribution in [0.1, 0.15) is 37.7 Å². The molecule has 1 fully saturated rings. The topological polar surface area (TPSA) is 62.2 Å². The predicted molar refractivity (Wildman–Crippen MR) is 73.5 cm³/mol. The molecule has 1 aromatic heterocycles. The molecule has 4 nitrogen and oxygen atoms in total. The zero-order valence-electron chi connectivity index (χ0n) is 11.2. The third kappa shape index (κ3) is 4.99. The first-order valence-electron chi connectivity index (χ1n) is 7.07. The number of carbonyl (C=O) groups is 1. The van der Waals surface area contributed by atoms with Gasteiger partial charge in [0.15, 0.2) is 0 Å². The summed E-state index contributed by atoms with van der Waals surface area (Å²) >= 11 is 0. The first-order valence-corrected chi connectivity index (χ1v) is 7.07. The van der Waals surface area contributed by atoms with E-state index in [4.69, 9.17) is 0 Å². The smallest absolute Gasteiger partial charge is 0.220 e. The Kier molecular flexibility index (Phi) is 5.33. The van der Waals surface area contributed by atoms with Crippen molar-refractivity contribution in [3.63, 3.8) is 0 Å². The van der Waals surface area contributed by atoms with E-state index in [9.17, 15) is 9.90 Å². The van der Waals surface area contributed by atoms with Gasteiger partial charge in [0, 0.05) is 25.4 Å². The first kappa shape index (κ1) is 14.0. The Labute approximate surface area is 114 Å². The molecule has 1 amide bonds. The highest BCUT2D eigenvalue weighted by Gasteiger charge is 2.19. The molecule has 1 saturated carbocycles. The number of aliphatic hydroxyl groups is 1. The molecule has 0 atom stereocenters. The van der Waals surface area contributed by atoms with Gasteiger partial charge in [0.25, 0.3) is 0 Å². The van der Waals surface area contributed by atoms with Crippen LogP contribution in [0, 0.1) is 5.92 Å². The minimum absolute atomic E-state index is 0.106. The van der Waals surface area contributed by atoms with Crippen molar-refractivity contribution in [3.8, 4) is 0 Å². The Morgan fingerprint density at radius 3 is 2.84 bits per heavy atom. The molecule has 1 aliphatic rings. The van der Waals surface area contributed by atoms with Gasteiger partial charge in [-0.05, 0) is 49.7 Å². The molecule has 0 aliphatic heterocycles. The number of aromatic nitrogens is 1. The highest BCUT2D eigenvalue weighted by Crippen LogP contribution is 2.23. The number of pyridine rings is 1. The minimum atomic E-state index is -0.127. The van der Waals surface area contributed by atoms with Crippen LogP contribution in [0.15, 0.2) is 24.5 Å². The molecule has 0 unspecified atom stereocenters. The van der Waals surface area contributed by atoms with Crippen LogP contribution in [-0.2, 0) is 11.2 Å². The zero-order chi connectivity index (χ0) is 13.5. The van der Waals surface area contributed by atoms with Crippen LogP contribution < -0.4 is 5.32 Å². The number of aryl methyl sites for hydroxylation is 1. The average molecular weight is 262 g/mol. The molecule has 2 N–H and O–H groups in total. The molecule has 0 radical (unpaired) electrons. The van der Waals surface area contributed by atoms with E-state index in [1.807, 2.05) is 12.1 Å². The maximum absolute atomic E-state index is 11.7. The number of hydrogen-bond donors (Lipinski definition) is 2. The van der Waals surface area contributed by atoms with Crippen LogP contribution in [0.4, 0.5) is 0 Å². The molecular weight excluding hydrogens is 240 g/mol. The largest absolute Gasteiger partial charge is 0.393 e. The molecular formula is C15H22N2O2. The van der Waals surface area contributed by atoms with Crippen molar-refractivity contribution in [2.45, 2.75) is 44.6 Å². The van der Waals surface area contributed by atoms with Crippen LogP contribution in [0.5, 0.6) is 0 Å². The Hall–Kier alpha value is -1.42. The van der Waals surface area contributed by atoms with E-state index < -0.39 is 0 Å². The summed E-state index contributed by atoms with van der Waals surface area (Å²) in [5, 5.41) is 12.4. The SMILES string of the molecule is O=C(CCc1cccnc1)NCC1CCC(O)CC1. The number of aliphatic hydroxyl groups excluding tert-OH is 1. The summed E-state index contributed by atoms with van der Waals surface area (Å²) in [4.78, 5) is 15.8. The first-order chi connectivity index (χ1) is 9.24. The van der Waals surface area contributed by atoms with Gasteiger partial charge in [0.2, 0.25) is 5.91 Å². The Morgan fingerprint density at radius 1 is 1.37 bits per heavy atom. The number of amides is 1. The van der Waals surface area contributed by atoms with Crippen molar-refractivity contribution < 1.29 is 9.90 Å². The molecule has 0 aromatic carbocycles. The van der Waals surface area contributed by atoms with E-state index in [2.05, 4.69) is 10.3 Å². The van der Waals surface area contributed by atoms with Crippen molar-refractivity contribution in [2.75, 3.05) is 6.54 Å². The lowest BCUT2D eigenvalue weighted by Crippen LogP contribution is -2.32. The van der Waals surface area contributed by atoms with Gasteiger partial charge in [-0.1, -0.05) is 6.07 Å². The second-order valence-corrected chi connectivity index (χ2v) is 5.34. The summed E-state index contributed by atoms with van der Waals surface area (Å²) in [6, 6.07) is 3.88. The van der Waals surface area contributed by atoms with Crippen molar-refractivity contribution in [3.05, 3.63) is 30.1 Å². The maximum Gasteiger partial charge on any atom is 0.220 e. The second-order valence-electron chi connectivity index (χ2n) is 5.34. The predicted octanol–water partition coefficient (Wildman–Crippen LogP) is 1.68. The maximum atomic E-state index is 11.7. The van der Waals surface area contributed by atoms with E-state index in [0.717, 1.165) is 44.2 Å². The van der Waals surface area contributed by atoms with Gasteiger partial charge in [0.1, 0.15) is 0 Å². The molecule has 104 valence electrons. The second kappa shape index (κ2) is 7.24. The number of hydrogen-bond acceptors (Lipinski definition) is 3. The van der Waals surface area contributed by atoms with Crippen LogP contribution in [0.3, 0.4) is 0 Å². The fraction of sp³-hybridized carbons (Fsp3) is 0.600. The normalized spacial score (nSPS) is 23.0. The standard InChI is InChI=1S/C15H22N2O2/c18-14-6-3-13(4-7-14)11-17-15(19)8-5-12-2-1-9-16-10-12/h1-2,9-10,13-14,18H,3-8,11H2,(H,17,19). The zero-order valence-corrected chi connectivity index (χ0v) is 11.2. The number of carbonyl (C=O) groups excluding carboxylic acids is 1. The molecule has 1 aromatic rings. The lowest BCUT2D eigenvalue weighted by Gasteiger charge is -2.25. The highest BCUT2D eigenvalue weighted by atomic mass is 16.3. The Balaban J connectivity index is 1.62. The van der Waals surface area contributed by atoms with Crippen molar-refractivity contribution in [2.24, 2.45) is 5.92 Å². The van der Waals surface area contributed by atoms with E-state index in [1.165, 1.54) is 0 Å². The molecule has 1 aliphatic carbocycles. The Bertz CT molecular complexity index is 386. The summed E-state index contributed by atoms with van der Waals surface area (Å²) in [6.45, 7) is 0.749. The van der Waals surface area contributed by atoms with Gasteiger partial charge in [-0.3, -0.25) is 9.78 Å². The molecule has 19 heavy (non-hydrogen) atoms. The average Bonchev–Trinajstić information content (AvgIpc) is 2.45. The van der Waals surface area contributed by atoms with Crippen LogP contribution in [-0.4, -0.2) is 28.6 Å². The third-order valence-corrected chi connectivity index (χ3v) is 3.77. The van der Waals surface area contributed by atoms with Gasteiger partial charge < -0.3 is 10.4 Å². The van der Waals surface area contributed by atoms with Gasteiger partial charge in [-0.25, -0.2) is 0 Å². The van der Waals surface area contributed by atoms with Gasteiger partial charge in [-0.2, -0.15) is 0 Å². The van der Waals surface area contributed by atoms with Crippen molar-refractivity contribution in [1.29, 1.82) is 0 Å². The highest BCUT2D eigenvalue weighted by molar-refractivity contribution is 5.76. The van der Waals surface area contributed by atoms with Gasteiger partial charge in [-0.15, -0.1) is 0 Å². The molecule has 1 heterocycles. The fourth-order valence-electron chi connectivity index (χ4n) is 2.50. The Morgan fingerprint density at radius 2 is 2.16 bits per heavy atom. The summed E-state index contributed by atoms with van der Waals surface area (Å²) in [5.74, 6) is 0.640. The monoisotopic (exact) mass is 262 g/mol. The fourth-order valence-corrected chi connectivity index (χ4v) is 2.50. The third-order valence-electron chi connectivity index (χ3n) is 3.77. The van der Waals surface area contributed by atoms with E-state index in [0.29, 0.717) is 12.3 Å². The van der Waals surface area contributed by atoms with Crippen LogP contribution >= 0.6 is 0 Å².